The second-order valence-electron chi connectivity index (χ2n) is 7.04. The fraction of sp³-hybridized carbons (Fsp3) is 0.292. The Balaban J connectivity index is 2.11. The van der Waals surface area contributed by atoms with Crippen molar-refractivity contribution in [2.75, 3.05) is 20.3 Å². The maximum Gasteiger partial charge on any atom is 0.375 e. The van der Waals surface area contributed by atoms with Crippen LogP contribution in [0.25, 0.3) is 22.1 Å². The Morgan fingerprint density at radius 1 is 1.09 bits per heavy atom. The lowest BCUT2D eigenvalue weighted by atomic mass is 10.0. The van der Waals surface area contributed by atoms with Crippen LogP contribution in [0.2, 0.25) is 0 Å². The van der Waals surface area contributed by atoms with Gasteiger partial charge >= 0.3 is 11.9 Å². The van der Waals surface area contributed by atoms with Crippen LogP contribution in [0.1, 0.15) is 31.3 Å². The lowest BCUT2D eigenvalue weighted by Crippen LogP contribution is -2.19. The van der Waals surface area contributed by atoms with Crippen molar-refractivity contribution in [3.05, 3.63) is 58.4 Å². The maximum atomic E-state index is 13.4. The molecule has 32 heavy (non-hydrogen) atoms. The molecular formula is C24H24O8. The molecule has 0 saturated carbocycles. The Morgan fingerprint density at radius 2 is 1.84 bits per heavy atom. The maximum absolute atomic E-state index is 13.4. The van der Waals surface area contributed by atoms with Crippen LogP contribution in [0.3, 0.4) is 0 Å². The number of esters is 2. The van der Waals surface area contributed by atoms with Gasteiger partial charge in [-0.05, 0) is 39.0 Å². The lowest BCUT2D eigenvalue weighted by Gasteiger charge is -2.13. The molecule has 0 spiro atoms. The zero-order valence-corrected chi connectivity index (χ0v) is 18.3. The van der Waals surface area contributed by atoms with E-state index in [1.807, 2.05) is 0 Å². The number of hydrogen-bond donors (Lipinski definition) is 0. The molecule has 168 valence electrons. The van der Waals surface area contributed by atoms with E-state index in [9.17, 15) is 14.4 Å². The number of ether oxygens (including phenoxy) is 4. The predicted molar refractivity (Wildman–Crippen MR) is 117 cm³/mol. The quantitative estimate of drug-likeness (QED) is 0.485. The van der Waals surface area contributed by atoms with Crippen LogP contribution in [0.15, 0.2) is 51.7 Å². The molecule has 8 heteroatoms. The van der Waals surface area contributed by atoms with Crippen LogP contribution in [-0.4, -0.2) is 38.4 Å². The fourth-order valence-electron chi connectivity index (χ4n) is 3.14. The number of carbonyl (C=O) groups is 2. The summed E-state index contributed by atoms with van der Waals surface area (Å²) in [5.74, 6) is -0.862. The average molecular weight is 440 g/mol. The van der Waals surface area contributed by atoms with Gasteiger partial charge in [0.25, 0.3) is 0 Å². The van der Waals surface area contributed by atoms with Crippen LogP contribution >= 0.6 is 0 Å². The van der Waals surface area contributed by atoms with Gasteiger partial charge in [0, 0.05) is 11.6 Å². The molecule has 1 heterocycles. The minimum Gasteiger partial charge on any atom is -0.496 e. The highest BCUT2D eigenvalue weighted by molar-refractivity contribution is 5.98. The topological polar surface area (TPSA) is 101 Å². The molecule has 0 fully saturated rings. The molecule has 3 rings (SSSR count). The molecule has 3 aromatic rings. The first kappa shape index (κ1) is 22.9. The number of rotatable bonds is 8. The van der Waals surface area contributed by atoms with Gasteiger partial charge < -0.3 is 23.4 Å². The van der Waals surface area contributed by atoms with Crippen molar-refractivity contribution in [1.29, 1.82) is 0 Å². The second-order valence-corrected chi connectivity index (χ2v) is 7.04. The molecule has 8 nitrogen and oxygen atoms in total. The predicted octanol–water partition coefficient (Wildman–Crippen LogP) is 3.98. The van der Waals surface area contributed by atoms with Crippen molar-refractivity contribution >= 4 is 22.9 Å². The standard InChI is InChI=1S/C24H24O8/c1-5-29-24(27)23-21(16-8-6-7-9-18(16)28-4)22(26)17-11-10-15(12-19(17)32-23)30-13-20(25)31-14(2)3/h6-12,14H,5,13H2,1-4H3. The van der Waals surface area contributed by atoms with Gasteiger partial charge in [0.15, 0.2) is 6.61 Å². The third-order valence-corrected chi connectivity index (χ3v) is 4.42. The summed E-state index contributed by atoms with van der Waals surface area (Å²) in [6, 6.07) is 11.3. The van der Waals surface area contributed by atoms with Crippen LogP contribution in [0.4, 0.5) is 0 Å². The molecule has 2 aromatic carbocycles. The first-order valence-electron chi connectivity index (χ1n) is 10.1. The van der Waals surface area contributed by atoms with Gasteiger partial charge in [0.2, 0.25) is 11.2 Å². The Hall–Kier alpha value is -3.81. The molecular weight excluding hydrogens is 416 g/mol. The number of methoxy groups -OCH3 is 1. The summed E-state index contributed by atoms with van der Waals surface area (Å²) in [6.07, 6.45) is -0.263. The van der Waals surface area contributed by atoms with E-state index in [0.29, 0.717) is 11.3 Å². The Labute approximate surface area is 184 Å². The highest BCUT2D eigenvalue weighted by Crippen LogP contribution is 2.33. The normalized spacial score (nSPS) is 10.8. The third kappa shape index (κ3) is 4.91. The highest BCUT2D eigenvalue weighted by atomic mass is 16.6. The Morgan fingerprint density at radius 3 is 2.53 bits per heavy atom. The number of carbonyl (C=O) groups excluding carboxylic acids is 2. The van der Waals surface area contributed by atoms with E-state index in [-0.39, 0.29) is 47.4 Å². The summed E-state index contributed by atoms with van der Waals surface area (Å²) in [4.78, 5) is 37.8. The molecule has 0 saturated heterocycles. The highest BCUT2D eigenvalue weighted by Gasteiger charge is 2.25. The molecule has 0 unspecified atom stereocenters. The minimum absolute atomic E-state index is 0.0441. The van der Waals surface area contributed by atoms with Gasteiger partial charge in [-0.25, -0.2) is 9.59 Å². The molecule has 0 aliphatic rings. The summed E-state index contributed by atoms with van der Waals surface area (Å²) < 4.78 is 26.8. The number of fused-ring (bicyclic) bond motifs is 1. The van der Waals surface area contributed by atoms with Crippen molar-refractivity contribution < 1.29 is 33.0 Å². The van der Waals surface area contributed by atoms with Crippen LogP contribution in [0, 0.1) is 0 Å². The van der Waals surface area contributed by atoms with E-state index >= 15 is 0 Å². The molecule has 0 atom stereocenters. The van der Waals surface area contributed by atoms with Crippen LogP contribution in [-0.2, 0) is 14.3 Å². The smallest absolute Gasteiger partial charge is 0.375 e. The van der Waals surface area contributed by atoms with Crippen LogP contribution in [0.5, 0.6) is 11.5 Å². The molecule has 0 aliphatic carbocycles. The summed E-state index contributed by atoms with van der Waals surface area (Å²) in [7, 11) is 1.47. The van der Waals surface area contributed by atoms with Crippen molar-refractivity contribution in [2.24, 2.45) is 0 Å². The summed E-state index contributed by atoms with van der Waals surface area (Å²) in [5, 5.41) is 0.232. The first-order valence-corrected chi connectivity index (χ1v) is 10.1. The minimum atomic E-state index is -0.778. The zero-order valence-electron chi connectivity index (χ0n) is 18.3. The number of hydrogen-bond acceptors (Lipinski definition) is 8. The van der Waals surface area contributed by atoms with Crippen molar-refractivity contribution in [3.8, 4) is 22.6 Å². The van der Waals surface area contributed by atoms with Gasteiger partial charge in [-0.1, -0.05) is 18.2 Å². The van der Waals surface area contributed by atoms with Gasteiger partial charge in [-0.3, -0.25) is 4.79 Å². The summed E-state index contributed by atoms with van der Waals surface area (Å²) in [6.45, 7) is 4.92. The molecule has 0 radical (unpaired) electrons. The van der Waals surface area contributed by atoms with E-state index < -0.39 is 17.4 Å². The zero-order chi connectivity index (χ0) is 23.3. The lowest BCUT2D eigenvalue weighted by molar-refractivity contribution is -0.149. The van der Waals surface area contributed by atoms with Crippen LogP contribution < -0.4 is 14.9 Å². The van der Waals surface area contributed by atoms with Gasteiger partial charge in [-0.2, -0.15) is 0 Å². The number of benzene rings is 2. The molecule has 0 amide bonds. The number of para-hydroxylation sites is 1. The van der Waals surface area contributed by atoms with Gasteiger partial charge in [0.1, 0.15) is 17.1 Å². The van der Waals surface area contributed by atoms with E-state index in [1.54, 1.807) is 45.0 Å². The third-order valence-electron chi connectivity index (χ3n) is 4.42. The molecule has 1 aromatic heterocycles. The Bertz CT molecular complexity index is 1190. The molecule has 0 aliphatic heterocycles. The molecule has 0 N–H and O–H groups in total. The SMILES string of the molecule is CCOC(=O)c1oc2cc(OCC(=O)OC(C)C)ccc2c(=O)c1-c1ccccc1OC. The van der Waals surface area contributed by atoms with E-state index in [1.165, 1.54) is 25.3 Å². The molecule has 0 bridgehead atoms. The summed E-state index contributed by atoms with van der Waals surface area (Å²) >= 11 is 0. The van der Waals surface area contributed by atoms with Crippen molar-refractivity contribution in [1.82, 2.24) is 0 Å². The van der Waals surface area contributed by atoms with Crippen molar-refractivity contribution in [3.63, 3.8) is 0 Å². The Kier molecular flexibility index (Phi) is 7.14. The largest absolute Gasteiger partial charge is 0.496 e. The van der Waals surface area contributed by atoms with E-state index in [0.717, 1.165) is 0 Å². The average Bonchev–Trinajstić information content (AvgIpc) is 2.77. The first-order chi connectivity index (χ1) is 15.3. The second kappa shape index (κ2) is 10.00. The van der Waals surface area contributed by atoms with Crippen molar-refractivity contribution in [2.45, 2.75) is 26.9 Å². The van der Waals surface area contributed by atoms with Gasteiger partial charge in [-0.15, -0.1) is 0 Å². The monoisotopic (exact) mass is 440 g/mol. The summed E-state index contributed by atoms with van der Waals surface area (Å²) in [5.41, 5.74) is 0.143. The van der Waals surface area contributed by atoms with E-state index in [4.69, 9.17) is 23.4 Å². The van der Waals surface area contributed by atoms with Gasteiger partial charge in [0.05, 0.1) is 30.8 Å². The fourth-order valence-corrected chi connectivity index (χ4v) is 3.14. The van der Waals surface area contributed by atoms with E-state index in [2.05, 4.69) is 0 Å².